The van der Waals surface area contributed by atoms with E-state index in [1.807, 2.05) is 0 Å². The van der Waals surface area contributed by atoms with Gasteiger partial charge in [0.2, 0.25) is 0 Å². The van der Waals surface area contributed by atoms with Gasteiger partial charge in [0.1, 0.15) is 10.6 Å². The zero-order chi connectivity index (χ0) is 13.2. The number of rotatable bonds is 3. The standard InChI is InChI=1S/C8H9ClN2O5S/c1-15-6-3-7(4(9)2-5(6)10)17(13,14)16-8(11)12/h2-3H,10H2,1H3,(H2,11,12). The molecule has 0 heterocycles. The Hall–Kier alpha value is -1.67. The van der Waals surface area contributed by atoms with E-state index in [0.717, 1.165) is 12.1 Å². The van der Waals surface area contributed by atoms with Crippen LogP contribution in [0, 0.1) is 0 Å². The normalized spacial score (nSPS) is 10.9. The minimum absolute atomic E-state index is 0.0843. The van der Waals surface area contributed by atoms with E-state index in [-0.39, 0.29) is 16.5 Å². The minimum Gasteiger partial charge on any atom is -0.495 e. The van der Waals surface area contributed by atoms with E-state index in [9.17, 15) is 13.2 Å². The maximum Gasteiger partial charge on any atom is 0.420 e. The first-order chi connectivity index (χ1) is 7.77. The molecule has 0 aliphatic heterocycles. The van der Waals surface area contributed by atoms with Crippen LogP contribution in [0.1, 0.15) is 0 Å². The molecule has 1 aromatic rings. The second-order valence-corrected chi connectivity index (χ2v) is 4.80. The molecule has 7 nitrogen and oxygen atoms in total. The summed E-state index contributed by atoms with van der Waals surface area (Å²) in [6.45, 7) is 0. The van der Waals surface area contributed by atoms with E-state index >= 15 is 0 Å². The lowest BCUT2D eigenvalue weighted by Gasteiger charge is -2.09. The van der Waals surface area contributed by atoms with E-state index in [1.165, 1.54) is 7.11 Å². The highest BCUT2D eigenvalue weighted by Crippen LogP contribution is 2.32. The number of primary amides is 1. The molecule has 0 atom stereocenters. The van der Waals surface area contributed by atoms with Crippen LogP contribution >= 0.6 is 11.6 Å². The van der Waals surface area contributed by atoms with Crippen LogP contribution in [0.3, 0.4) is 0 Å². The number of carbonyl (C=O) groups is 1. The van der Waals surface area contributed by atoms with Crippen molar-refractivity contribution in [1.82, 2.24) is 0 Å². The first-order valence-electron chi connectivity index (χ1n) is 4.15. The number of anilines is 1. The van der Waals surface area contributed by atoms with Crippen LogP contribution in [0.2, 0.25) is 5.02 Å². The highest BCUT2D eigenvalue weighted by molar-refractivity contribution is 7.87. The number of methoxy groups -OCH3 is 1. The Bertz CT molecular complexity index is 557. The molecule has 1 amide bonds. The smallest absolute Gasteiger partial charge is 0.420 e. The van der Waals surface area contributed by atoms with Crippen molar-refractivity contribution in [3.8, 4) is 5.75 Å². The third-order valence-electron chi connectivity index (χ3n) is 1.75. The lowest BCUT2D eigenvalue weighted by Crippen LogP contribution is -2.19. The summed E-state index contributed by atoms with van der Waals surface area (Å²) in [7, 11) is -3.09. The Morgan fingerprint density at radius 3 is 2.47 bits per heavy atom. The van der Waals surface area contributed by atoms with Gasteiger partial charge >= 0.3 is 16.2 Å². The van der Waals surface area contributed by atoms with Gasteiger partial charge in [-0.2, -0.15) is 8.42 Å². The monoisotopic (exact) mass is 280 g/mol. The summed E-state index contributed by atoms with van der Waals surface area (Å²) in [5.74, 6) is 0.0843. The van der Waals surface area contributed by atoms with Gasteiger partial charge in [0.15, 0.2) is 0 Å². The maximum absolute atomic E-state index is 11.5. The van der Waals surface area contributed by atoms with Gasteiger partial charge in [-0.1, -0.05) is 11.6 Å². The molecule has 0 fully saturated rings. The highest BCUT2D eigenvalue weighted by atomic mass is 35.5. The van der Waals surface area contributed by atoms with E-state index in [0.29, 0.717) is 0 Å². The van der Waals surface area contributed by atoms with Crippen LogP contribution in [0.15, 0.2) is 17.0 Å². The molecule has 9 heteroatoms. The van der Waals surface area contributed by atoms with Crippen molar-refractivity contribution in [2.75, 3.05) is 12.8 Å². The summed E-state index contributed by atoms with van der Waals surface area (Å²) in [6, 6.07) is 2.20. The Morgan fingerprint density at radius 1 is 1.41 bits per heavy atom. The molecular formula is C8H9ClN2O5S. The van der Waals surface area contributed by atoms with Gasteiger partial charge in [-0.3, -0.25) is 0 Å². The Kier molecular flexibility index (Phi) is 3.69. The molecule has 0 aliphatic rings. The van der Waals surface area contributed by atoms with Crippen molar-refractivity contribution in [2.24, 2.45) is 5.73 Å². The Labute approximate surface area is 102 Å². The largest absolute Gasteiger partial charge is 0.495 e. The van der Waals surface area contributed by atoms with Gasteiger partial charge in [-0.25, -0.2) is 4.79 Å². The minimum atomic E-state index is -4.38. The zero-order valence-corrected chi connectivity index (χ0v) is 10.2. The fourth-order valence-electron chi connectivity index (χ4n) is 1.07. The van der Waals surface area contributed by atoms with Gasteiger partial charge < -0.3 is 20.4 Å². The number of carbonyl (C=O) groups excluding carboxylic acids is 1. The summed E-state index contributed by atoms with van der Waals surface area (Å²) in [4.78, 5) is 9.99. The lowest BCUT2D eigenvalue weighted by molar-refractivity contribution is 0.212. The maximum atomic E-state index is 11.5. The van der Waals surface area contributed by atoms with Crippen LogP contribution in [0.5, 0.6) is 5.75 Å². The van der Waals surface area contributed by atoms with Crippen molar-refractivity contribution in [1.29, 1.82) is 0 Å². The fraction of sp³-hybridized carbons (Fsp3) is 0.125. The number of halogens is 1. The van der Waals surface area contributed by atoms with Crippen LogP contribution in [-0.2, 0) is 14.3 Å². The molecular weight excluding hydrogens is 272 g/mol. The quantitative estimate of drug-likeness (QED) is 0.621. The summed E-state index contributed by atoms with van der Waals surface area (Å²) < 4.78 is 31.9. The van der Waals surface area contributed by atoms with Crippen LogP contribution in [0.4, 0.5) is 10.5 Å². The number of nitrogens with two attached hydrogens (primary N) is 2. The SMILES string of the molecule is COc1cc(S(=O)(=O)OC(N)=O)c(Cl)cc1N. The van der Waals surface area contributed by atoms with Crippen molar-refractivity contribution in [3.63, 3.8) is 0 Å². The average molecular weight is 281 g/mol. The van der Waals surface area contributed by atoms with Crippen LogP contribution < -0.4 is 16.2 Å². The molecule has 0 aliphatic carbocycles. The van der Waals surface area contributed by atoms with Gasteiger partial charge in [-0.15, -0.1) is 0 Å². The predicted molar refractivity (Wildman–Crippen MR) is 60.3 cm³/mol. The molecule has 0 radical (unpaired) electrons. The zero-order valence-electron chi connectivity index (χ0n) is 8.64. The molecule has 0 bridgehead atoms. The third kappa shape index (κ3) is 2.92. The summed E-state index contributed by atoms with van der Waals surface area (Å²) in [6.07, 6.45) is -1.46. The van der Waals surface area contributed by atoms with Crippen molar-refractivity contribution < 1.29 is 22.1 Å². The summed E-state index contributed by atoms with van der Waals surface area (Å²) in [5.41, 5.74) is 10.3. The predicted octanol–water partition coefficient (Wildman–Crippen LogP) is 0.715. The Balaban J connectivity index is 3.36. The van der Waals surface area contributed by atoms with Gasteiger partial charge in [0.25, 0.3) is 0 Å². The number of hydrogen-bond acceptors (Lipinski definition) is 6. The molecule has 0 unspecified atom stereocenters. The number of hydrogen-bond donors (Lipinski definition) is 2. The molecule has 94 valence electrons. The second kappa shape index (κ2) is 4.68. The average Bonchev–Trinajstić information content (AvgIpc) is 2.15. The third-order valence-corrected chi connectivity index (χ3v) is 3.43. The van der Waals surface area contributed by atoms with E-state index in [1.54, 1.807) is 0 Å². The van der Waals surface area contributed by atoms with E-state index < -0.39 is 21.1 Å². The lowest BCUT2D eigenvalue weighted by atomic mass is 10.3. The molecule has 1 aromatic carbocycles. The molecule has 0 saturated heterocycles. The van der Waals surface area contributed by atoms with Crippen molar-refractivity contribution in [2.45, 2.75) is 4.90 Å². The highest BCUT2D eigenvalue weighted by Gasteiger charge is 2.23. The number of nitrogen functional groups attached to an aromatic ring is 1. The molecule has 0 aromatic heterocycles. The first-order valence-corrected chi connectivity index (χ1v) is 5.93. The molecule has 17 heavy (non-hydrogen) atoms. The second-order valence-electron chi connectivity index (χ2n) is 2.88. The van der Waals surface area contributed by atoms with Crippen molar-refractivity contribution in [3.05, 3.63) is 17.2 Å². The molecule has 0 spiro atoms. The van der Waals surface area contributed by atoms with E-state index in [2.05, 4.69) is 9.92 Å². The van der Waals surface area contributed by atoms with Crippen LogP contribution in [0.25, 0.3) is 0 Å². The molecule has 4 N–H and O–H groups in total. The molecule has 1 rings (SSSR count). The fourth-order valence-corrected chi connectivity index (χ4v) is 2.38. The number of amides is 1. The first kappa shape index (κ1) is 13.4. The summed E-state index contributed by atoms with van der Waals surface area (Å²) in [5, 5.41) is -0.204. The topological polar surface area (TPSA) is 122 Å². The summed E-state index contributed by atoms with van der Waals surface area (Å²) >= 11 is 5.68. The van der Waals surface area contributed by atoms with Crippen molar-refractivity contribution >= 4 is 33.5 Å². The van der Waals surface area contributed by atoms with Gasteiger partial charge in [-0.05, 0) is 6.07 Å². The Morgan fingerprint density at radius 2 is 2.00 bits per heavy atom. The van der Waals surface area contributed by atoms with Crippen LogP contribution in [-0.4, -0.2) is 21.6 Å². The molecule has 0 saturated carbocycles. The van der Waals surface area contributed by atoms with Gasteiger partial charge in [0, 0.05) is 6.07 Å². The number of benzene rings is 1. The van der Waals surface area contributed by atoms with Gasteiger partial charge in [0.05, 0.1) is 17.8 Å². The van der Waals surface area contributed by atoms with E-state index in [4.69, 9.17) is 22.1 Å². The number of ether oxygens (including phenoxy) is 1.